The zero-order valence-corrected chi connectivity index (χ0v) is 22.4. The van der Waals surface area contributed by atoms with Gasteiger partial charge in [-0.15, -0.1) is 0 Å². The van der Waals surface area contributed by atoms with E-state index in [2.05, 4.69) is 15.8 Å². The highest BCUT2D eigenvalue weighted by Gasteiger charge is 2.19. The first-order chi connectivity index (χ1) is 21.0. The van der Waals surface area contributed by atoms with E-state index in [1.165, 1.54) is 12.3 Å². The molecule has 0 saturated heterocycles. The maximum Gasteiger partial charge on any atom is 0.343 e. The lowest BCUT2D eigenvalue weighted by molar-refractivity contribution is -0.117. The Balaban J connectivity index is 1.18. The number of hydrazone groups is 1. The van der Waals surface area contributed by atoms with E-state index in [0.29, 0.717) is 39.7 Å². The molecular formula is C32H23N3O8. The minimum Gasteiger partial charge on any atom is -0.454 e. The molecule has 4 aromatic carbocycles. The Bertz CT molecular complexity index is 1770. The summed E-state index contributed by atoms with van der Waals surface area (Å²) < 4.78 is 27.0. The number of carbonyl (C=O) groups is 3. The van der Waals surface area contributed by atoms with E-state index in [4.69, 9.17) is 23.7 Å². The highest BCUT2D eigenvalue weighted by Crippen LogP contribution is 2.34. The van der Waals surface area contributed by atoms with Gasteiger partial charge in [-0.2, -0.15) is 5.10 Å². The van der Waals surface area contributed by atoms with Crippen LogP contribution in [0, 0.1) is 0 Å². The highest BCUT2D eigenvalue weighted by molar-refractivity contribution is 6.05. The van der Waals surface area contributed by atoms with Gasteiger partial charge in [-0.3, -0.25) is 9.59 Å². The third kappa shape index (κ3) is 6.30. The SMILES string of the molecule is O=C(N/N=C/c1ccccc1OC(=O)c1ccc2c(c1)OCO2)/C(=C\c1ccc2c(c1)OCO2)NC(=O)c1ccccc1. The van der Waals surface area contributed by atoms with Crippen LogP contribution in [0.15, 0.2) is 102 Å². The summed E-state index contributed by atoms with van der Waals surface area (Å²) in [5.41, 5.74) is 4.02. The van der Waals surface area contributed by atoms with Gasteiger partial charge in [0.2, 0.25) is 13.6 Å². The third-order valence-electron chi connectivity index (χ3n) is 6.34. The largest absolute Gasteiger partial charge is 0.454 e. The summed E-state index contributed by atoms with van der Waals surface area (Å²) in [7, 11) is 0. The second kappa shape index (κ2) is 12.2. The van der Waals surface area contributed by atoms with E-state index in [1.807, 2.05) is 0 Å². The van der Waals surface area contributed by atoms with Crippen molar-refractivity contribution in [3.05, 3.63) is 119 Å². The van der Waals surface area contributed by atoms with Gasteiger partial charge in [-0.25, -0.2) is 10.2 Å². The Hall–Kier alpha value is -6.10. The Kier molecular flexibility index (Phi) is 7.68. The first-order valence-electron chi connectivity index (χ1n) is 13.1. The minimum atomic E-state index is -0.687. The van der Waals surface area contributed by atoms with Gasteiger partial charge in [0.05, 0.1) is 11.8 Å². The van der Waals surface area contributed by atoms with E-state index in [9.17, 15) is 14.4 Å². The number of benzene rings is 4. The molecule has 2 heterocycles. The topological polar surface area (TPSA) is 134 Å². The molecule has 214 valence electrons. The molecule has 0 aliphatic carbocycles. The number of nitrogens with one attached hydrogen (secondary N) is 2. The van der Waals surface area contributed by atoms with Crippen molar-refractivity contribution in [2.24, 2.45) is 5.10 Å². The molecule has 0 saturated carbocycles. The Morgan fingerprint density at radius 3 is 2.19 bits per heavy atom. The summed E-state index contributed by atoms with van der Waals surface area (Å²) in [5.74, 6) is 0.549. The van der Waals surface area contributed by atoms with Crippen LogP contribution < -0.4 is 34.4 Å². The molecule has 0 atom stereocenters. The normalized spacial score (nSPS) is 13.1. The van der Waals surface area contributed by atoms with Crippen molar-refractivity contribution in [1.29, 1.82) is 0 Å². The number of hydrogen-bond donors (Lipinski definition) is 2. The molecular weight excluding hydrogens is 554 g/mol. The predicted octanol–water partition coefficient (Wildman–Crippen LogP) is 4.28. The van der Waals surface area contributed by atoms with Crippen molar-refractivity contribution in [3.8, 4) is 28.7 Å². The van der Waals surface area contributed by atoms with E-state index >= 15 is 0 Å². The molecule has 2 amide bonds. The van der Waals surface area contributed by atoms with Gasteiger partial charge in [0.25, 0.3) is 11.8 Å². The van der Waals surface area contributed by atoms with Crippen LogP contribution in [0.25, 0.3) is 6.08 Å². The quantitative estimate of drug-likeness (QED) is 0.104. The van der Waals surface area contributed by atoms with Crippen LogP contribution in [-0.4, -0.2) is 37.6 Å². The number of ether oxygens (including phenoxy) is 5. The lowest BCUT2D eigenvalue weighted by atomic mass is 10.1. The van der Waals surface area contributed by atoms with Crippen molar-refractivity contribution in [1.82, 2.24) is 10.7 Å². The molecule has 2 N–H and O–H groups in total. The number of esters is 1. The van der Waals surface area contributed by atoms with Crippen LogP contribution in [0.3, 0.4) is 0 Å². The molecule has 2 aliphatic rings. The van der Waals surface area contributed by atoms with Crippen LogP contribution in [0.5, 0.6) is 28.7 Å². The molecule has 0 unspecified atom stereocenters. The number of hydrogen-bond acceptors (Lipinski definition) is 9. The first-order valence-corrected chi connectivity index (χ1v) is 13.1. The van der Waals surface area contributed by atoms with E-state index in [1.54, 1.807) is 91.0 Å². The Morgan fingerprint density at radius 1 is 0.721 bits per heavy atom. The Labute approximate surface area is 245 Å². The van der Waals surface area contributed by atoms with Crippen molar-refractivity contribution in [2.75, 3.05) is 13.6 Å². The van der Waals surface area contributed by atoms with Gasteiger partial charge < -0.3 is 29.0 Å². The number of fused-ring (bicyclic) bond motifs is 2. The third-order valence-corrected chi connectivity index (χ3v) is 6.34. The van der Waals surface area contributed by atoms with E-state index < -0.39 is 17.8 Å². The molecule has 43 heavy (non-hydrogen) atoms. The summed E-state index contributed by atoms with van der Waals surface area (Å²) in [6.45, 7) is 0.186. The fourth-order valence-electron chi connectivity index (χ4n) is 4.20. The lowest BCUT2D eigenvalue weighted by Gasteiger charge is -2.10. The number of carbonyl (C=O) groups excluding carboxylic acids is 3. The van der Waals surface area contributed by atoms with Crippen LogP contribution >= 0.6 is 0 Å². The van der Waals surface area contributed by atoms with Gasteiger partial charge in [-0.1, -0.05) is 36.4 Å². The van der Waals surface area contributed by atoms with Gasteiger partial charge >= 0.3 is 5.97 Å². The van der Waals surface area contributed by atoms with Crippen LogP contribution in [0.2, 0.25) is 0 Å². The predicted molar refractivity (Wildman–Crippen MR) is 154 cm³/mol. The van der Waals surface area contributed by atoms with Crippen LogP contribution in [-0.2, 0) is 4.79 Å². The zero-order chi connectivity index (χ0) is 29.6. The van der Waals surface area contributed by atoms with E-state index in [-0.39, 0.29) is 30.6 Å². The molecule has 0 fully saturated rings. The number of nitrogens with zero attached hydrogens (tertiary/aromatic N) is 1. The van der Waals surface area contributed by atoms with Gasteiger partial charge in [0, 0.05) is 11.1 Å². The molecule has 11 heteroatoms. The standard InChI is InChI=1S/C32H23N3O8/c36-30(21-6-2-1-3-7-21)34-24(14-20-10-12-26-28(15-20)41-18-39-26)31(37)35-33-17-23-8-4-5-9-25(23)43-32(38)22-11-13-27-29(16-22)42-19-40-27/h1-17H,18-19H2,(H,34,36)(H,35,37)/b24-14+,33-17+. The molecule has 4 aromatic rings. The molecule has 2 aliphatic heterocycles. The fourth-order valence-corrected chi connectivity index (χ4v) is 4.20. The van der Waals surface area contributed by atoms with Crippen LogP contribution in [0.4, 0.5) is 0 Å². The Morgan fingerprint density at radius 2 is 1.40 bits per heavy atom. The maximum absolute atomic E-state index is 13.2. The van der Waals surface area contributed by atoms with E-state index in [0.717, 1.165) is 0 Å². The minimum absolute atomic E-state index is 0.0626. The summed E-state index contributed by atoms with van der Waals surface area (Å²) in [4.78, 5) is 38.9. The molecule has 0 aromatic heterocycles. The van der Waals surface area contributed by atoms with Gasteiger partial charge in [0.15, 0.2) is 23.0 Å². The fraction of sp³-hybridized carbons (Fsp3) is 0.0625. The van der Waals surface area contributed by atoms with Crippen molar-refractivity contribution >= 4 is 30.1 Å². The summed E-state index contributed by atoms with van der Waals surface area (Å²) in [6, 6.07) is 25.0. The number of amides is 2. The van der Waals surface area contributed by atoms with Gasteiger partial charge in [0.1, 0.15) is 11.4 Å². The van der Waals surface area contributed by atoms with Gasteiger partial charge in [-0.05, 0) is 66.2 Å². The monoisotopic (exact) mass is 577 g/mol. The maximum atomic E-state index is 13.2. The van der Waals surface area contributed by atoms with Crippen LogP contribution in [0.1, 0.15) is 31.8 Å². The average molecular weight is 578 g/mol. The number of para-hydroxylation sites is 1. The number of rotatable bonds is 8. The smallest absolute Gasteiger partial charge is 0.343 e. The summed E-state index contributed by atoms with van der Waals surface area (Å²) >= 11 is 0. The zero-order valence-electron chi connectivity index (χ0n) is 22.4. The second-order valence-corrected chi connectivity index (χ2v) is 9.19. The summed E-state index contributed by atoms with van der Waals surface area (Å²) in [6.07, 6.45) is 2.83. The van der Waals surface area contributed by atoms with Crippen molar-refractivity contribution in [2.45, 2.75) is 0 Å². The highest BCUT2D eigenvalue weighted by atomic mass is 16.7. The molecule has 11 nitrogen and oxygen atoms in total. The second-order valence-electron chi connectivity index (χ2n) is 9.19. The summed E-state index contributed by atoms with van der Waals surface area (Å²) in [5, 5.41) is 6.69. The lowest BCUT2D eigenvalue weighted by Crippen LogP contribution is -2.32. The average Bonchev–Trinajstić information content (AvgIpc) is 3.71. The molecule has 0 spiro atoms. The first kappa shape index (κ1) is 27.1. The molecule has 0 bridgehead atoms. The molecule has 6 rings (SSSR count). The van der Waals surface area contributed by atoms with Crippen molar-refractivity contribution < 1.29 is 38.1 Å². The molecule has 0 radical (unpaired) electrons. The van der Waals surface area contributed by atoms with Crippen molar-refractivity contribution in [3.63, 3.8) is 0 Å².